The highest BCUT2D eigenvalue weighted by molar-refractivity contribution is 5.97. The van der Waals surface area contributed by atoms with E-state index in [9.17, 15) is 18.0 Å². The monoisotopic (exact) mass is 387 g/mol. The van der Waals surface area contributed by atoms with Gasteiger partial charge in [0.15, 0.2) is 0 Å². The molecule has 0 saturated carbocycles. The van der Waals surface area contributed by atoms with Crippen molar-refractivity contribution in [1.29, 1.82) is 0 Å². The van der Waals surface area contributed by atoms with Gasteiger partial charge >= 0.3 is 0 Å². The molecule has 3 heterocycles. The predicted octanol–water partition coefficient (Wildman–Crippen LogP) is 3.30. The second-order valence-corrected chi connectivity index (χ2v) is 7.25. The zero-order chi connectivity index (χ0) is 19.4. The van der Waals surface area contributed by atoms with Gasteiger partial charge in [-0.25, -0.2) is 18.3 Å². The molecule has 2 aliphatic heterocycles. The molecule has 3 aromatic rings. The molecule has 0 bridgehead atoms. The van der Waals surface area contributed by atoms with Crippen molar-refractivity contribution in [2.75, 3.05) is 18.5 Å². The summed E-state index contributed by atoms with van der Waals surface area (Å²) in [5.74, 6) is -2.49. The Morgan fingerprint density at radius 2 is 1.96 bits per heavy atom. The van der Waals surface area contributed by atoms with E-state index >= 15 is 0 Å². The van der Waals surface area contributed by atoms with Crippen LogP contribution >= 0.6 is 0 Å². The van der Waals surface area contributed by atoms with Crippen LogP contribution in [0.4, 0.5) is 18.9 Å². The molecule has 3 atom stereocenters. The fraction of sp³-hybridized carbons (Fsp3) is 0.300. The topological polar surface area (TPSA) is 67.0 Å². The van der Waals surface area contributed by atoms with Crippen LogP contribution in [0.15, 0.2) is 35.1 Å². The lowest BCUT2D eigenvalue weighted by Crippen LogP contribution is -2.40. The van der Waals surface area contributed by atoms with Gasteiger partial charge in [-0.3, -0.25) is 4.79 Å². The summed E-state index contributed by atoms with van der Waals surface area (Å²) in [5, 5.41) is 10.5. The molecule has 0 unspecified atom stereocenters. The van der Waals surface area contributed by atoms with Gasteiger partial charge in [-0.2, -0.15) is 5.10 Å². The summed E-state index contributed by atoms with van der Waals surface area (Å²) in [4.78, 5) is 12.2. The van der Waals surface area contributed by atoms with Gasteiger partial charge in [-0.1, -0.05) is 6.07 Å². The quantitative estimate of drug-likeness (QED) is 0.708. The van der Waals surface area contributed by atoms with Gasteiger partial charge in [0.1, 0.15) is 17.5 Å². The number of H-pyrrole nitrogens is 1. The summed E-state index contributed by atoms with van der Waals surface area (Å²) < 4.78 is 47.9. The molecule has 5 nitrogen and oxygen atoms in total. The van der Waals surface area contributed by atoms with Crippen molar-refractivity contribution in [1.82, 2.24) is 10.2 Å². The van der Waals surface area contributed by atoms with E-state index in [1.165, 1.54) is 18.2 Å². The van der Waals surface area contributed by atoms with Gasteiger partial charge in [-0.15, -0.1) is 0 Å². The molecule has 1 aromatic heterocycles. The van der Waals surface area contributed by atoms with Gasteiger partial charge < -0.3 is 10.1 Å². The second-order valence-electron chi connectivity index (χ2n) is 7.25. The first-order valence-corrected chi connectivity index (χ1v) is 9.04. The molecule has 2 aliphatic rings. The molecule has 5 rings (SSSR count). The molecule has 0 amide bonds. The first-order valence-electron chi connectivity index (χ1n) is 9.04. The molecule has 0 spiro atoms. The van der Waals surface area contributed by atoms with E-state index < -0.39 is 28.9 Å². The minimum absolute atomic E-state index is 0.0228. The number of hydrogen-bond donors (Lipinski definition) is 2. The number of benzene rings is 2. The van der Waals surface area contributed by atoms with Crippen LogP contribution in [-0.2, 0) is 4.74 Å². The summed E-state index contributed by atoms with van der Waals surface area (Å²) >= 11 is 0. The van der Waals surface area contributed by atoms with Crippen molar-refractivity contribution in [2.24, 2.45) is 5.92 Å². The lowest BCUT2D eigenvalue weighted by molar-refractivity contribution is 0.180. The summed E-state index contributed by atoms with van der Waals surface area (Å²) in [5.41, 5.74) is 0.619. The maximum absolute atomic E-state index is 14.7. The minimum atomic E-state index is -0.692. The van der Waals surface area contributed by atoms with Crippen LogP contribution in [0.25, 0.3) is 10.8 Å². The van der Waals surface area contributed by atoms with Crippen LogP contribution in [-0.4, -0.2) is 29.5 Å². The Hall–Kier alpha value is -2.87. The number of anilines is 1. The van der Waals surface area contributed by atoms with Crippen molar-refractivity contribution < 1.29 is 17.9 Å². The lowest BCUT2D eigenvalue weighted by Gasteiger charge is -2.37. The number of ether oxygens (including phenoxy) is 1. The van der Waals surface area contributed by atoms with Crippen molar-refractivity contribution >= 4 is 16.5 Å². The van der Waals surface area contributed by atoms with E-state index in [1.807, 2.05) is 0 Å². The fourth-order valence-corrected chi connectivity index (χ4v) is 4.38. The molecule has 0 radical (unpaired) electrons. The van der Waals surface area contributed by atoms with Gasteiger partial charge in [0.2, 0.25) is 0 Å². The Morgan fingerprint density at radius 1 is 1.11 bits per heavy atom. The maximum atomic E-state index is 14.7. The number of aromatic nitrogens is 2. The van der Waals surface area contributed by atoms with Crippen LogP contribution in [0, 0.1) is 23.4 Å². The third-order valence-electron chi connectivity index (χ3n) is 5.63. The van der Waals surface area contributed by atoms with Crippen LogP contribution in [0.3, 0.4) is 0 Å². The second kappa shape index (κ2) is 6.34. The van der Waals surface area contributed by atoms with E-state index in [-0.39, 0.29) is 22.9 Å². The van der Waals surface area contributed by atoms with Gasteiger partial charge in [-0.05, 0) is 30.2 Å². The standard InChI is InChI=1S/C20H16F3N3O2/c21-10-1-2-12(14(23)6-10)17-18(9-3-4-28-8-9)24-15-7-11(22)5-13-16(15)19(17)25-26-20(13)27/h1-2,5-7,9,17-18,24H,3-4,8H2,(H,26,27)/t9-,17+,18+/m1/s1. The number of aromatic amines is 1. The SMILES string of the molecule is O=c1[nH]nc2c3c(cc(F)cc13)N[C@@H]([C@@H]1CCOC1)[C@@H]2c1ccc(F)cc1F. The molecule has 1 saturated heterocycles. The third-order valence-corrected chi connectivity index (χ3v) is 5.63. The number of halogens is 3. The highest BCUT2D eigenvalue weighted by Crippen LogP contribution is 2.44. The minimum Gasteiger partial charge on any atom is -0.381 e. The van der Waals surface area contributed by atoms with Crippen molar-refractivity contribution in [3.63, 3.8) is 0 Å². The van der Waals surface area contributed by atoms with E-state index in [2.05, 4.69) is 15.5 Å². The van der Waals surface area contributed by atoms with Gasteiger partial charge in [0.25, 0.3) is 5.56 Å². The Morgan fingerprint density at radius 3 is 2.71 bits per heavy atom. The average molecular weight is 387 g/mol. The fourth-order valence-electron chi connectivity index (χ4n) is 4.38. The maximum Gasteiger partial charge on any atom is 0.272 e. The molecule has 144 valence electrons. The molecular formula is C20H16F3N3O2. The van der Waals surface area contributed by atoms with Crippen LogP contribution in [0.2, 0.25) is 0 Å². The van der Waals surface area contributed by atoms with Crippen molar-refractivity contribution in [3.05, 3.63) is 69.4 Å². The number of hydrogen-bond acceptors (Lipinski definition) is 4. The first kappa shape index (κ1) is 17.2. The summed E-state index contributed by atoms with van der Waals surface area (Å²) in [6.45, 7) is 1.04. The highest BCUT2D eigenvalue weighted by atomic mass is 19.1. The summed E-state index contributed by atoms with van der Waals surface area (Å²) in [6, 6.07) is 5.53. The lowest BCUT2D eigenvalue weighted by atomic mass is 9.77. The molecular weight excluding hydrogens is 371 g/mol. The van der Waals surface area contributed by atoms with Gasteiger partial charge in [0.05, 0.1) is 23.6 Å². The van der Waals surface area contributed by atoms with E-state index in [0.717, 1.165) is 18.6 Å². The molecule has 28 heavy (non-hydrogen) atoms. The van der Waals surface area contributed by atoms with Crippen LogP contribution in [0.5, 0.6) is 0 Å². The van der Waals surface area contributed by atoms with E-state index in [1.54, 1.807) is 0 Å². The summed E-state index contributed by atoms with van der Waals surface area (Å²) in [7, 11) is 0. The third kappa shape index (κ3) is 2.59. The van der Waals surface area contributed by atoms with Gasteiger partial charge in [0, 0.05) is 35.7 Å². The smallest absolute Gasteiger partial charge is 0.272 e. The zero-order valence-corrected chi connectivity index (χ0v) is 14.6. The van der Waals surface area contributed by atoms with Crippen LogP contribution in [0.1, 0.15) is 23.6 Å². The average Bonchev–Trinajstić information content (AvgIpc) is 3.19. The zero-order valence-electron chi connectivity index (χ0n) is 14.6. The highest BCUT2D eigenvalue weighted by Gasteiger charge is 2.41. The Bertz CT molecular complexity index is 1140. The van der Waals surface area contributed by atoms with E-state index in [4.69, 9.17) is 4.74 Å². The van der Waals surface area contributed by atoms with Crippen LogP contribution < -0.4 is 10.9 Å². The molecule has 8 heteroatoms. The predicted molar refractivity (Wildman–Crippen MR) is 96.9 cm³/mol. The molecule has 1 fully saturated rings. The Labute approximate surface area is 157 Å². The normalized spacial score (nSPS) is 23.8. The Kier molecular flexibility index (Phi) is 3.90. The number of rotatable bonds is 2. The van der Waals surface area contributed by atoms with Crippen molar-refractivity contribution in [2.45, 2.75) is 18.4 Å². The molecule has 2 aromatic carbocycles. The van der Waals surface area contributed by atoms with E-state index in [0.29, 0.717) is 30.0 Å². The first-order chi connectivity index (χ1) is 13.5. The molecule has 2 N–H and O–H groups in total. The number of nitrogens with zero attached hydrogens (tertiary/aromatic N) is 1. The Balaban J connectivity index is 1.79. The number of nitrogens with one attached hydrogen (secondary N) is 2. The largest absolute Gasteiger partial charge is 0.381 e. The molecule has 0 aliphatic carbocycles. The summed E-state index contributed by atoms with van der Waals surface area (Å²) in [6.07, 6.45) is 0.744. The van der Waals surface area contributed by atoms with Crippen molar-refractivity contribution in [3.8, 4) is 0 Å².